The Morgan fingerprint density at radius 1 is 1.29 bits per heavy atom. The molecule has 0 radical (unpaired) electrons. The van der Waals surface area contributed by atoms with Gasteiger partial charge >= 0.3 is 0 Å². The Labute approximate surface area is 108 Å². The maximum absolute atomic E-state index is 5.94. The Hall–Kier alpha value is -0.570. The third-order valence-electron chi connectivity index (χ3n) is 3.60. The monoisotopic (exact) mass is 253 g/mol. The van der Waals surface area contributed by atoms with Gasteiger partial charge in [-0.15, -0.1) is 0 Å². The molecule has 17 heavy (non-hydrogen) atoms. The molecule has 1 atom stereocenters. The summed E-state index contributed by atoms with van der Waals surface area (Å²) >= 11 is 5.94. The van der Waals surface area contributed by atoms with E-state index in [9.17, 15) is 0 Å². The standard InChI is InChI=1S/C14H20ClNO/c1-17-10-14(12-6-8-16-9-7-12)11-2-4-13(15)5-3-11/h2-5,12,14,16H,6-10H2,1H3. The van der Waals surface area contributed by atoms with Gasteiger partial charge in [0.05, 0.1) is 6.61 Å². The highest BCUT2D eigenvalue weighted by molar-refractivity contribution is 6.30. The number of methoxy groups -OCH3 is 1. The molecule has 0 bridgehead atoms. The molecule has 0 aromatic heterocycles. The molecule has 3 heteroatoms. The zero-order chi connectivity index (χ0) is 12.1. The minimum atomic E-state index is 0.499. The second-order valence-electron chi connectivity index (χ2n) is 4.70. The lowest BCUT2D eigenvalue weighted by Gasteiger charge is -2.30. The fraction of sp³-hybridized carbons (Fsp3) is 0.571. The van der Waals surface area contributed by atoms with Gasteiger partial charge in [0.1, 0.15) is 0 Å². The van der Waals surface area contributed by atoms with E-state index in [1.165, 1.54) is 18.4 Å². The molecule has 1 saturated heterocycles. The summed E-state index contributed by atoms with van der Waals surface area (Å²) in [5, 5.41) is 4.21. The zero-order valence-corrected chi connectivity index (χ0v) is 11.0. The van der Waals surface area contributed by atoms with E-state index in [1.807, 2.05) is 12.1 Å². The molecule has 2 rings (SSSR count). The van der Waals surface area contributed by atoms with Crippen molar-refractivity contribution >= 4 is 11.6 Å². The fourth-order valence-electron chi connectivity index (χ4n) is 2.64. The van der Waals surface area contributed by atoms with E-state index in [0.717, 1.165) is 30.6 Å². The van der Waals surface area contributed by atoms with E-state index in [0.29, 0.717) is 5.92 Å². The van der Waals surface area contributed by atoms with Gasteiger partial charge in [0.25, 0.3) is 0 Å². The highest BCUT2D eigenvalue weighted by Crippen LogP contribution is 2.31. The van der Waals surface area contributed by atoms with Crippen molar-refractivity contribution in [2.75, 3.05) is 26.8 Å². The first-order valence-electron chi connectivity index (χ1n) is 6.26. The van der Waals surface area contributed by atoms with Gasteiger partial charge < -0.3 is 10.1 Å². The molecular weight excluding hydrogens is 234 g/mol. The van der Waals surface area contributed by atoms with Gasteiger partial charge in [-0.2, -0.15) is 0 Å². The minimum absolute atomic E-state index is 0.499. The van der Waals surface area contributed by atoms with Crippen LogP contribution in [0.3, 0.4) is 0 Å². The van der Waals surface area contributed by atoms with Gasteiger partial charge in [-0.25, -0.2) is 0 Å². The zero-order valence-electron chi connectivity index (χ0n) is 10.3. The number of benzene rings is 1. The maximum Gasteiger partial charge on any atom is 0.0533 e. The molecular formula is C14H20ClNO. The average molecular weight is 254 g/mol. The van der Waals surface area contributed by atoms with E-state index in [-0.39, 0.29) is 0 Å². The summed E-state index contributed by atoms with van der Waals surface area (Å²) in [7, 11) is 1.78. The Morgan fingerprint density at radius 3 is 2.53 bits per heavy atom. The molecule has 0 saturated carbocycles. The van der Waals surface area contributed by atoms with E-state index in [4.69, 9.17) is 16.3 Å². The lowest BCUT2D eigenvalue weighted by molar-refractivity contribution is 0.144. The second kappa shape index (κ2) is 6.39. The van der Waals surface area contributed by atoms with Crippen molar-refractivity contribution < 1.29 is 4.74 Å². The van der Waals surface area contributed by atoms with Gasteiger partial charge in [0.15, 0.2) is 0 Å². The third-order valence-corrected chi connectivity index (χ3v) is 3.85. The Kier molecular flexibility index (Phi) is 4.84. The highest BCUT2D eigenvalue weighted by Gasteiger charge is 2.24. The molecule has 0 amide bonds. The molecule has 1 fully saturated rings. The van der Waals surface area contributed by atoms with Crippen LogP contribution < -0.4 is 5.32 Å². The normalized spacial score (nSPS) is 19.2. The smallest absolute Gasteiger partial charge is 0.0533 e. The first-order valence-corrected chi connectivity index (χ1v) is 6.64. The molecule has 1 aliphatic rings. The third kappa shape index (κ3) is 3.44. The molecule has 1 heterocycles. The van der Waals surface area contributed by atoms with Crippen molar-refractivity contribution in [2.24, 2.45) is 5.92 Å². The molecule has 1 aromatic rings. The molecule has 2 nitrogen and oxygen atoms in total. The summed E-state index contributed by atoms with van der Waals surface area (Å²) in [4.78, 5) is 0. The Balaban J connectivity index is 2.12. The summed E-state index contributed by atoms with van der Waals surface area (Å²) < 4.78 is 5.39. The average Bonchev–Trinajstić information content (AvgIpc) is 2.38. The Bertz CT molecular complexity index is 333. The van der Waals surface area contributed by atoms with E-state index >= 15 is 0 Å². The highest BCUT2D eigenvalue weighted by atomic mass is 35.5. The second-order valence-corrected chi connectivity index (χ2v) is 5.14. The van der Waals surface area contributed by atoms with Gasteiger partial charge in [0.2, 0.25) is 0 Å². The van der Waals surface area contributed by atoms with Crippen LogP contribution in [-0.4, -0.2) is 26.8 Å². The number of hydrogen-bond donors (Lipinski definition) is 1. The molecule has 0 spiro atoms. The largest absolute Gasteiger partial charge is 0.384 e. The van der Waals surface area contributed by atoms with Gasteiger partial charge in [-0.3, -0.25) is 0 Å². The fourth-order valence-corrected chi connectivity index (χ4v) is 2.77. The molecule has 1 N–H and O–H groups in total. The summed E-state index contributed by atoms with van der Waals surface area (Å²) in [5.74, 6) is 1.22. The summed E-state index contributed by atoms with van der Waals surface area (Å²) in [5.41, 5.74) is 1.35. The maximum atomic E-state index is 5.94. The van der Waals surface area contributed by atoms with Crippen LogP contribution >= 0.6 is 11.6 Å². The van der Waals surface area contributed by atoms with Crippen LogP contribution in [0.15, 0.2) is 24.3 Å². The van der Waals surface area contributed by atoms with Crippen molar-refractivity contribution in [3.05, 3.63) is 34.9 Å². The lowest BCUT2D eigenvalue weighted by Crippen LogP contribution is -2.32. The molecule has 1 aromatic carbocycles. The van der Waals surface area contributed by atoms with Crippen LogP contribution in [-0.2, 0) is 4.74 Å². The number of piperidine rings is 1. The predicted octanol–water partition coefficient (Wildman–Crippen LogP) is 3.07. The predicted molar refractivity (Wildman–Crippen MR) is 71.7 cm³/mol. The van der Waals surface area contributed by atoms with E-state index < -0.39 is 0 Å². The number of nitrogens with one attached hydrogen (secondary N) is 1. The molecule has 1 aliphatic heterocycles. The van der Waals surface area contributed by atoms with Crippen LogP contribution in [0.4, 0.5) is 0 Å². The van der Waals surface area contributed by atoms with Crippen molar-refractivity contribution in [3.8, 4) is 0 Å². The van der Waals surface area contributed by atoms with Gasteiger partial charge in [0, 0.05) is 18.1 Å². The van der Waals surface area contributed by atoms with Crippen molar-refractivity contribution in [1.29, 1.82) is 0 Å². The quantitative estimate of drug-likeness (QED) is 0.891. The summed E-state index contributed by atoms with van der Waals surface area (Å²) in [6.45, 7) is 3.04. The van der Waals surface area contributed by atoms with Crippen molar-refractivity contribution in [1.82, 2.24) is 5.32 Å². The van der Waals surface area contributed by atoms with Crippen molar-refractivity contribution in [2.45, 2.75) is 18.8 Å². The SMILES string of the molecule is COCC(c1ccc(Cl)cc1)C1CCNCC1. The topological polar surface area (TPSA) is 21.3 Å². The van der Waals surface area contributed by atoms with E-state index in [2.05, 4.69) is 17.4 Å². The first kappa shape index (κ1) is 12.9. The number of rotatable bonds is 4. The van der Waals surface area contributed by atoms with Crippen LogP contribution in [0.1, 0.15) is 24.3 Å². The Morgan fingerprint density at radius 2 is 1.94 bits per heavy atom. The van der Waals surface area contributed by atoms with E-state index in [1.54, 1.807) is 7.11 Å². The number of ether oxygens (including phenoxy) is 1. The lowest BCUT2D eigenvalue weighted by atomic mass is 9.81. The van der Waals surface area contributed by atoms with Crippen LogP contribution in [0.2, 0.25) is 5.02 Å². The molecule has 0 aliphatic carbocycles. The summed E-state index contributed by atoms with van der Waals surface area (Å²) in [6.07, 6.45) is 2.47. The first-order chi connectivity index (χ1) is 8.31. The van der Waals surface area contributed by atoms with Crippen molar-refractivity contribution in [3.63, 3.8) is 0 Å². The van der Waals surface area contributed by atoms with Gasteiger partial charge in [-0.05, 0) is 49.5 Å². The van der Waals surface area contributed by atoms with Gasteiger partial charge in [-0.1, -0.05) is 23.7 Å². The number of hydrogen-bond acceptors (Lipinski definition) is 2. The molecule has 1 unspecified atom stereocenters. The van der Waals surface area contributed by atoms with Crippen LogP contribution in [0.25, 0.3) is 0 Å². The summed E-state index contributed by atoms with van der Waals surface area (Å²) in [6, 6.07) is 8.21. The molecule has 94 valence electrons. The number of halogens is 1. The minimum Gasteiger partial charge on any atom is -0.384 e. The van der Waals surface area contributed by atoms with Crippen LogP contribution in [0.5, 0.6) is 0 Å². The van der Waals surface area contributed by atoms with Crippen LogP contribution in [0, 0.1) is 5.92 Å².